The molecule has 2 unspecified atom stereocenters. The molecule has 0 saturated heterocycles. The van der Waals surface area contributed by atoms with Crippen LogP contribution < -0.4 is 5.32 Å². The Kier molecular flexibility index (Phi) is 6.90. The van der Waals surface area contributed by atoms with Crippen molar-refractivity contribution in [3.63, 3.8) is 0 Å². The zero-order valence-corrected chi connectivity index (χ0v) is 13.4. The van der Waals surface area contributed by atoms with E-state index in [0.717, 1.165) is 25.1 Å². The summed E-state index contributed by atoms with van der Waals surface area (Å²) in [7, 11) is 0. The van der Waals surface area contributed by atoms with Crippen LogP contribution in [0.5, 0.6) is 0 Å². The van der Waals surface area contributed by atoms with E-state index in [1.54, 1.807) is 11.8 Å². The lowest BCUT2D eigenvalue weighted by Gasteiger charge is -2.20. The van der Waals surface area contributed by atoms with Gasteiger partial charge in [-0.1, -0.05) is 26.0 Å². The van der Waals surface area contributed by atoms with Crippen molar-refractivity contribution in [2.75, 3.05) is 12.3 Å². The van der Waals surface area contributed by atoms with E-state index in [1.807, 2.05) is 13.8 Å². The van der Waals surface area contributed by atoms with E-state index >= 15 is 0 Å². The first kappa shape index (κ1) is 16.5. The van der Waals surface area contributed by atoms with Gasteiger partial charge in [-0.3, -0.25) is 0 Å². The van der Waals surface area contributed by atoms with Crippen LogP contribution >= 0.6 is 11.8 Å². The van der Waals surface area contributed by atoms with Gasteiger partial charge in [0.2, 0.25) is 0 Å². The van der Waals surface area contributed by atoms with Crippen LogP contribution in [0.2, 0.25) is 0 Å². The average Bonchev–Trinajstić information content (AvgIpc) is 2.43. The van der Waals surface area contributed by atoms with E-state index < -0.39 is 5.60 Å². The first-order valence-corrected chi connectivity index (χ1v) is 8.15. The van der Waals surface area contributed by atoms with Crippen LogP contribution in [0.4, 0.5) is 0 Å². The van der Waals surface area contributed by atoms with Crippen LogP contribution in [0, 0.1) is 0 Å². The molecule has 0 radical (unpaired) electrons. The van der Waals surface area contributed by atoms with Gasteiger partial charge in [0, 0.05) is 16.7 Å². The Hall–Kier alpha value is -0.510. The molecule has 2 N–H and O–H groups in total. The van der Waals surface area contributed by atoms with Gasteiger partial charge in [0.1, 0.15) is 0 Å². The zero-order chi connectivity index (χ0) is 14.3. The van der Waals surface area contributed by atoms with Crippen molar-refractivity contribution in [3.05, 3.63) is 29.8 Å². The van der Waals surface area contributed by atoms with Gasteiger partial charge in [-0.2, -0.15) is 0 Å². The smallest absolute Gasteiger partial charge is 0.0710 e. The highest BCUT2D eigenvalue weighted by atomic mass is 32.2. The average molecular weight is 281 g/mol. The fourth-order valence-corrected chi connectivity index (χ4v) is 2.68. The minimum absolute atomic E-state index is 0.401. The van der Waals surface area contributed by atoms with Crippen LogP contribution in [0.3, 0.4) is 0 Å². The summed E-state index contributed by atoms with van der Waals surface area (Å²) in [6.07, 6.45) is 1.94. The van der Waals surface area contributed by atoms with Crippen molar-refractivity contribution in [1.29, 1.82) is 0 Å². The summed E-state index contributed by atoms with van der Waals surface area (Å²) in [4.78, 5) is 1.22. The Labute approximate surface area is 122 Å². The Morgan fingerprint density at radius 1 is 1.26 bits per heavy atom. The third-order valence-electron chi connectivity index (χ3n) is 3.39. The molecule has 1 aromatic carbocycles. The molecule has 0 amide bonds. The SMILES string of the molecule is CCCNC(C)c1ccc(SCC(C)(O)CC)cc1. The van der Waals surface area contributed by atoms with Gasteiger partial charge in [0.15, 0.2) is 0 Å². The van der Waals surface area contributed by atoms with Crippen molar-refractivity contribution in [1.82, 2.24) is 5.32 Å². The zero-order valence-electron chi connectivity index (χ0n) is 12.6. The fourth-order valence-electron chi connectivity index (χ4n) is 1.67. The molecule has 2 nitrogen and oxygen atoms in total. The molecule has 0 saturated carbocycles. The van der Waals surface area contributed by atoms with E-state index in [1.165, 1.54) is 10.5 Å². The molecule has 0 aliphatic carbocycles. The summed E-state index contributed by atoms with van der Waals surface area (Å²) in [5, 5.41) is 13.5. The first-order chi connectivity index (χ1) is 8.98. The van der Waals surface area contributed by atoms with Crippen LogP contribution in [-0.2, 0) is 0 Å². The van der Waals surface area contributed by atoms with Gasteiger partial charge in [0.25, 0.3) is 0 Å². The normalized spacial score (nSPS) is 16.1. The molecule has 0 bridgehead atoms. The number of rotatable bonds is 8. The maximum Gasteiger partial charge on any atom is 0.0710 e. The summed E-state index contributed by atoms with van der Waals surface area (Å²) < 4.78 is 0. The van der Waals surface area contributed by atoms with E-state index in [4.69, 9.17) is 0 Å². The predicted molar refractivity (Wildman–Crippen MR) is 84.8 cm³/mol. The molecule has 108 valence electrons. The molecule has 0 heterocycles. The summed E-state index contributed by atoms with van der Waals surface area (Å²) in [5.41, 5.74) is 0.749. The van der Waals surface area contributed by atoms with Crippen LogP contribution in [0.15, 0.2) is 29.2 Å². The second-order valence-electron chi connectivity index (χ2n) is 5.38. The molecular formula is C16H27NOS. The number of thioether (sulfide) groups is 1. The van der Waals surface area contributed by atoms with Crippen LogP contribution in [0.1, 0.15) is 52.1 Å². The highest BCUT2D eigenvalue weighted by molar-refractivity contribution is 7.99. The molecule has 2 atom stereocenters. The molecule has 0 aromatic heterocycles. The quantitative estimate of drug-likeness (QED) is 0.706. The molecule has 0 aliphatic heterocycles. The van der Waals surface area contributed by atoms with Gasteiger partial charge in [-0.25, -0.2) is 0 Å². The van der Waals surface area contributed by atoms with E-state index in [0.29, 0.717) is 6.04 Å². The fraction of sp³-hybridized carbons (Fsp3) is 0.625. The molecule has 1 rings (SSSR count). The third-order valence-corrected chi connectivity index (χ3v) is 4.76. The lowest BCUT2D eigenvalue weighted by Crippen LogP contribution is -2.25. The van der Waals surface area contributed by atoms with Crippen molar-refractivity contribution in [2.45, 2.75) is 57.1 Å². The monoisotopic (exact) mass is 281 g/mol. The van der Waals surface area contributed by atoms with Gasteiger partial charge in [-0.05, 0) is 50.9 Å². The molecular weight excluding hydrogens is 254 g/mol. The largest absolute Gasteiger partial charge is 0.389 e. The first-order valence-electron chi connectivity index (χ1n) is 7.17. The number of benzene rings is 1. The third kappa shape index (κ3) is 5.98. The topological polar surface area (TPSA) is 32.3 Å². The molecule has 0 spiro atoms. The van der Waals surface area contributed by atoms with Gasteiger partial charge >= 0.3 is 0 Å². The van der Waals surface area contributed by atoms with E-state index in [-0.39, 0.29) is 0 Å². The molecule has 19 heavy (non-hydrogen) atoms. The number of hydrogen-bond acceptors (Lipinski definition) is 3. The highest BCUT2D eigenvalue weighted by Gasteiger charge is 2.17. The number of hydrogen-bond donors (Lipinski definition) is 2. The Morgan fingerprint density at radius 3 is 2.42 bits per heavy atom. The second kappa shape index (κ2) is 7.93. The van der Waals surface area contributed by atoms with Gasteiger partial charge < -0.3 is 10.4 Å². The standard InChI is InChI=1S/C16H27NOS/c1-5-11-17-13(3)14-7-9-15(10-8-14)19-12-16(4,18)6-2/h7-10,13,17-18H,5-6,11-12H2,1-4H3. The molecule has 0 aliphatic rings. The Balaban J connectivity index is 2.52. The maximum atomic E-state index is 9.99. The van der Waals surface area contributed by atoms with Crippen LogP contribution in [0.25, 0.3) is 0 Å². The molecule has 0 fully saturated rings. The van der Waals surface area contributed by atoms with E-state index in [2.05, 4.69) is 43.4 Å². The summed E-state index contributed by atoms with van der Waals surface area (Å²) in [5.74, 6) is 0.743. The van der Waals surface area contributed by atoms with E-state index in [9.17, 15) is 5.11 Å². The minimum atomic E-state index is -0.570. The van der Waals surface area contributed by atoms with Crippen molar-refractivity contribution >= 4 is 11.8 Å². The number of aliphatic hydroxyl groups is 1. The second-order valence-corrected chi connectivity index (χ2v) is 6.43. The van der Waals surface area contributed by atoms with Crippen molar-refractivity contribution in [2.24, 2.45) is 0 Å². The van der Waals surface area contributed by atoms with Gasteiger partial charge in [-0.15, -0.1) is 11.8 Å². The maximum absolute atomic E-state index is 9.99. The highest BCUT2D eigenvalue weighted by Crippen LogP contribution is 2.25. The Morgan fingerprint density at radius 2 is 1.89 bits per heavy atom. The minimum Gasteiger partial charge on any atom is -0.389 e. The summed E-state index contributed by atoms with van der Waals surface area (Å²) in [6.45, 7) is 9.34. The van der Waals surface area contributed by atoms with Gasteiger partial charge in [0.05, 0.1) is 5.60 Å². The Bertz CT molecular complexity index is 362. The van der Waals surface area contributed by atoms with Crippen molar-refractivity contribution < 1.29 is 5.11 Å². The van der Waals surface area contributed by atoms with Crippen molar-refractivity contribution in [3.8, 4) is 0 Å². The van der Waals surface area contributed by atoms with Crippen LogP contribution in [-0.4, -0.2) is 23.0 Å². The molecule has 1 aromatic rings. The lowest BCUT2D eigenvalue weighted by atomic mass is 10.1. The summed E-state index contributed by atoms with van der Waals surface area (Å²) in [6, 6.07) is 9.05. The number of nitrogens with one attached hydrogen (secondary N) is 1. The molecule has 3 heteroatoms. The lowest BCUT2D eigenvalue weighted by molar-refractivity contribution is 0.0816. The summed E-state index contributed by atoms with van der Waals surface area (Å²) >= 11 is 1.72. The predicted octanol–water partition coefficient (Wildman–Crippen LogP) is 4.00.